The van der Waals surface area contributed by atoms with E-state index in [2.05, 4.69) is 20.5 Å². The largest absolute Gasteiger partial charge is 0.424 e. The van der Waals surface area contributed by atoms with Crippen molar-refractivity contribution >= 4 is 46.2 Å². The van der Waals surface area contributed by atoms with Crippen LogP contribution in [-0.4, -0.2) is 42.5 Å². The average molecular weight is 435 g/mol. The van der Waals surface area contributed by atoms with Crippen molar-refractivity contribution in [3.63, 3.8) is 0 Å². The van der Waals surface area contributed by atoms with Gasteiger partial charge < -0.3 is 20.0 Å². The van der Waals surface area contributed by atoms with Crippen molar-refractivity contribution in [3.8, 4) is 0 Å². The smallest absolute Gasteiger partial charge is 0.295 e. The van der Waals surface area contributed by atoms with Gasteiger partial charge in [0.15, 0.2) is 5.58 Å². The van der Waals surface area contributed by atoms with E-state index >= 15 is 0 Å². The van der Waals surface area contributed by atoms with Crippen LogP contribution in [0.1, 0.15) is 18.4 Å². The molecule has 29 heavy (non-hydrogen) atoms. The molecule has 0 unspecified atom stereocenters. The third kappa shape index (κ3) is 6.63. The lowest BCUT2D eigenvalue weighted by Gasteiger charge is -2.17. The molecule has 0 fully saturated rings. The first-order valence-corrected chi connectivity index (χ1v) is 10.3. The molecule has 6 nitrogen and oxygen atoms in total. The van der Waals surface area contributed by atoms with Gasteiger partial charge in [-0.1, -0.05) is 41.4 Å². The highest BCUT2D eigenvalue weighted by molar-refractivity contribution is 6.42. The van der Waals surface area contributed by atoms with E-state index < -0.39 is 0 Å². The summed E-state index contributed by atoms with van der Waals surface area (Å²) in [6.07, 6.45) is 1.22. The summed E-state index contributed by atoms with van der Waals surface area (Å²) in [6.45, 7) is 2.74. The number of nitrogens with one attached hydrogen (secondary N) is 2. The first-order chi connectivity index (χ1) is 14.0. The van der Waals surface area contributed by atoms with Crippen LogP contribution in [0, 0.1) is 0 Å². The first-order valence-electron chi connectivity index (χ1n) is 9.50. The number of carbonyl (C=O) groups excluding carboxylic acids is 1. The summed E-state index contributed by atoms with van der Waals surface area (Å²) in [5.74, 6) is 0.000692. The second kappa shape index (κ2) is 10.5. The molecule has 1 heterocycles. The number of oxazole rings is 1. The second-order valence-corrected chi connectivity index (χ2v) is 7.67. The standard InChI is InChI=1S/C21H24Cl2N4O2/c1-27(14-15-7-8-16(22)17(23)13-15)12-4-10-24-20(28)9-11-25-21-26-18-5-2-3-6-19(18)29-21/h2-3,5-8,13H,4,9-12,14H2,1H3,(H,24,28)(H,25,26). The molecule has 1 aromatic heterocycles. The molecule has 0 spiro atoms. The van der Waals surface area contributed by atoms with Crippen molar-refractivity contribution in [2.75, 3.05) is 32.0 Å². The summed E-state index contributed by atoms with van der Waals surface area (Å²) >= 11 is 12.0. The van der Waals surface area contributed by atoms with Crippen LogP contribution in [0.25, 0.3) is 11.1 Å². The number of para-hydroxylation sites is 2. The lowest BCUT2D eigenvalue weighted by Crippen LogP contribution is -2.29. The Kier molecular flexibility index (Phi) is 7.75. The molecule has 0 atom stereocenters. The molecular weight excluding hydrogens is 411 g/mol. The summed E-state index contributed by atoms with van der Waals surface area (Å²) in [6, 6.07) is 13.6. The van der Waals surface area contributed by atoms with Gasteiger partial charge >= 0.3 is 0 Å². The van der Waals surface area contributed by atoms with E-state index in [-0.39, 0.29) is 5.91 Å². The molecule has 0 aliphatic carbocycles. The SMILES string of the molecule is CN(CCCNC(=O)CCNc1nc2ccccc2o1)Cc1ccc(Cl)c(Cl)c1. The fraction of sp³-hybridized carbons (Fsp3) is 0.333. The predicted octanol–water partition coefficient (Wildman–Crippen LogP) is 4.57. The normalized spacial score (nSPS) is 11.2. The maximum absolute atomic E-state index is 12.0. The van der Waals surface area contributed by atoms with Crippen molar-refractivity contribution in [1.29, 1.82) is 0 Å². The molecule has 3 rings (SSSR count). The minimum atomic E-state index is 0.000692. The number of anilines is 1. The summed E-state index contributed by atoms with van der Waals surface area (Å²) < 4.78 is 5.56. The Hall–Kier alpha value is -2.28. The fourth-order valence-electron chi connectivity index (χ4n) is 2.92. The van der Waals surface area contributed by atoms with Crippen LogP contribution in [0.2, 0.25) is 10.0 Å². The minimum Gasteiger partial charge on any atom is -0.424 e. The van der Waals surface area contributed by atoms with Gasteiger partial charge in [-0.25, -0.2) is 0 Å². The van der Waals surface area contributed by atoms with Gasteiger partial charge in [0.1, 0.15) is 5.52 Å². The number of benzene rings is 2. The highest BCUT2D eigenvalue weighted by Gasteiger charge is 2.07. The molecule has 1 amide bonds. The number of hydrogen-bond acceptors (Lipinski definition) is 5. The maximum atomic E-state index is 12.0. The van der Waals surface area contributed by atoms with Crippen LogP contribution in [0.3, 0.4) is 0 Å². The predicted molar refractivity (Wildman–Crippen MR) is 118 cm³/mol. The van der Waals surface area contributed by atoms with Crippen LogP contribution in [0.5, 0.6) is 0 Å². The molecule has 2 N–H and O–H groups in total. The van der Waals surface area contributed by atoms with Crippen LogP contribution >= 0.6 is 23.2 Å². The molecule has 2 aromatic carbocycles. The number of carbonyl (C=O) groups is 1. The Morgan fingerprint density at radius 1 is 1.14 bits per heavy atom. The Morgan fingerprint density at radius 2 is 1.97 bits per heavy atom. The Balaban J connectivity index is 1.28. The average Bonchev–Trinajstić information content (AvgIpc) is 3.11. The van der Waals surface area contributed by atoms with Crippen molar-refractivity contribution in [1.82, 2.24) is 15.2 Å². The van der Waals surface area contributed by atoms with Crippen LogP contribution in [0.15, 0.2) is 46.9 Å². The number of halogens is 2. The zero-order valence-electron chi connectivity index (χ0n) is 16.3. The molecule has 0 saturated heterocycles. The Morgan fingerprint density at radius 3 is 2.76 bits per heavy atom. The third-order valence-electron chi connectivity index (χ3n) is 4.40. The Bertz CT molecular complexity index is 928. The third-order valence-corrected chi connectivity index (χ3v) is 5.14. The van der Waals surface area contributed by atoms with Crippen molar-refractivity contribution < 1.29 is 9.21 Å². The van der Waals surface area contributed by atoms with E-state index in [1.54, 1.807) is 0 Å². The number of nitrogens with zero attached hydrogens (tertiary/aromatic N) is 2. The highest BCUT2D eigenvalue weighted by atomic mass is 35.5. The van der Waals surface area contributed by atoms with Crippen LogP contribution in [0.4, 0.5) is 6.01 Å². The monoisotopic (exact) mass is 434 g/mol. The van der Waals surface area contributed by atoms with Crippen molar-refractivity contribution in [3.05, 3.63) is 58.1 Å². The summed E-state index contributed by atoms with van der Waals surface area (Å²) in [4.78, 5) is 18.5. The summed E-state index contributed by atoms with van der Waals surface area (Å²) in [5, 5.41) is 7.11. The number of amides is 1. The Labute approximate surface area is 180 Å². The molecule has 0 aliphatic heterocycles. The number of aromatic nitrogens is 1. The molecule has 0 radical (unpaired) electrons. The quantitative estimate of drug-likeness (QED) is 0.457. The van der Waals surface area contributed by atoms with E-state index in [0.717, 1.165) is 36.2 Å². The van der Waals surface area contributed by atoms with E-state index in [4.69, 9.17) is 27.6 Å². The van der Waals surface area contributed by atoms with Gasteiger partial charge in [-0.3, -0.25) is 4.79 Å². The number of fused-ring (bicyclic) bond motifs is 1. The topological polar surface area (TPSA) is 70.4 Å². The lowest BCUT2D eigenvalue weighted by atomic mass is 10.2. The highest BCUT2D eigenvalue weighted by Crippen LogP contribution is 2.23. The summed E-state index contributed by atoms with van der Waals surface area (Å²) in [5.41, 5.74) is 2.63. The fourth-order valence-corrected chi connectivity index (χ4v) is 3.25. The first kappa shape index (κ1) is 21.4. The van der Waals surface area contributed by atoms with E-state index in [1.165, 1.54) is 0 Å². The summed E-state index contributed by atoms with van der Waals surface area (Å²) in [7, 11) is 2.04. The van der Waals surface area contributed by atoms with Gasteiger partial charge in [0.2, 0.25) is 5.91 Å². The van der Waals surface area contributed by atoms with Crippen LogP contribution < -0.4 is 10.6 Å². The second-order valence-electron chi connectivity index (χ2n) is 6.85. The molecule has 3 aromatic rings. The zero-order valence-corrected chi connectivity index (χ0v) is 17.8. The maximum Gasteiger partial charge on any atom is 0.295 e. The van der Waals surface area contributed by atoms with Gasteiger partial charge in [0.25, 0.3) is 6.01 Å². The minimum absolute atomic E-state index is 0.000692. The zero-order chi connectivity index (χ0) is 20.6. The van der Waals surface area contributed by atoms with Gasteiger partial charge in [-0.05, 0) is 49.8 Å². The van der Waals surface area contributed by atoms with Gasteiger partial charge in [-0.15, -0.1) is 0 Å². The molecule has 0 bridgehead atoms. The molecule has 154 valence electrons. The van der Waals surface area contributed by atoms with E-state index in [1.807, 2.05) is 49.5 Å². The van der Waals surface area contributed by atoms with E-state index in [0.29, 0.717) is 35.6 Å². The van der Waals surface area contributed by atoms with Crippen molar-refractivity contribution in [2.24, 2.45) is 0 Å². The van der Waals surface area contributed by atoms with Gasteiger partial charge in [0, 0.05) is 26.1 Å². The molecular formula is C21H24Cl2N4O2. The lowest BCUT2D eigenvalue weighted by molar-refractivity contribution is -0.120. The number of hydrogen-bond donors (Lipinski definition) is 2. The molecule has 0 saturated carbocycles. The van der Waals surface area contributed by atoms with Crippen molar-refractivity contribution in [2.45, 2.75) is 19.4 Å². The molecule has 8 heteroatoms. The van der Waals surface area contributed by atoms with Gasteiger partial charge in [0.05, 0.1) is 10.0 Å². The van der Waals surface area contributed by atoms with E-state index in [9.17, 15) is 4.79 Å². The number of rotatable bonds is 10. The molecule has 0 aliphatic rings. The van der Waals surface area contributed by atoms with Crippen LogP contribution in [-0.2, 0) is 11.3 Å². The van der Waals surface area contributed by atoms with Gasteiger partial charge in [-0.2, -0.15) is 4.98 Å².